The Morgan fingerprint density at radius 2 is 2.13 bits per heavy atom. The lowest BCUT2D eigenvalue weighted by molar-refractivity contribution is 0.0890. The second-order valence-corrected chi connectivity index (χ2v) is 6.80. The highest BCUT2D eigenvalue weighted by molar-refractivity contribution is 7.10. The van der Waals surface area contributed by atoms with Crippen LogP contribution >= 0.6 is 11.3 Å². The molecule has 0 spiro atoms. The molecule has 1 unspecified atom stereocenters. The average Bonchev–Trinajstić information content (AvgIpc) is 3.11. The van der Waals surface area contributed by atoms with Crippen molar-refractivity contribution in [1.82, 2.24) is 20.1 Å². The summed E-state index contributed by atoms with van der Waals surface area (Å²) in [5, 5.41) is 5.17. The van der Waals surface area contributed by atoms with Crippen LogP contribution in [0.5, 0.6) is 0 Å². The summed E-state index contributed by atoms with van der Waals surface area (Å²) in [4.78, 5) is 22.4. The molecule has 1 saturated heterocycles. The van der Waals surface area contributed by atoms with Gasteiger partial charge in [-0.3, -0.25) is 14.7 Å². The summed E-state index contributed by atoms with van der Waals surface area (Å²) >= 11 is 1.75. The number of amides is 1. The highest BCUT2D eigenvalue weighted by atomic mass is 32.1. The maximum Gasteiger partial charge on any atom is 0.252 e. The molecular formula is C17H22N4OS. The van der Waals surface area contributed by atoms with E-state index in [-0.39, 0.29) is 11.9 Å². The highest BCUT2D eigenvalue weighted by Crippen LogP contribution is 2.25. The first kappa shape index (κ1) is 16.1. The van der Waals surface area contributed by atoms with E-state index in [2.05, 4.69) is 44.7 Å². The van der Waals surface area contributed by atoms with Crippen molar-refractivity contribution in [3.05, 3.63) is 52.5 Å². The van der Waals surface area contributed by atoms with Gasteiger partial charge >= 0.3 is 0 Å². The summed E-state index contributed by atoms with van der Waals surface area (Å²) in [6.07, 6.45) is 3.28. The normalized spacial score (nSPS) is 17.8. The van der Waals surface area contributed by atoms with E-state index >= 15 is 0 Å². The van der Waals surface area contributed by atoms with Gasteiger partial charge in [0.2, 0.25) is 0 Å². The number of nitrogens with one attached hydrogen (secondary N) is 1. The van der Waals surface area contributed by atoms with Gasteiger partial charge in [0.05, 0.1) is 11.6 Å². The van der Waals surface area contributed by atoms with Crippen molar-refractivity contribution < 1.29 is 4.79 Å². The molecule has 2 aromatic rings. The van der Waals surface area contributed by atoms with Crippen molar-refractivity contribution in [3.8, 4) is 0 Å². The summed E-state index contributed by atoms with van der Waals surface area (Å²) in [7, 11) is 2.15. The molecule has 1 atom stereocenters. The lowest BCUT2D eigenvalue weighted by Crippen LogP contribution is -2.48. The molecule has 1 amide bonds. The molecule has 1 N–H and O–H groups in total. The third-order valence-corrected chi connectivity index (χ3v) is 5.20. The zero-order valence-electron chi connectivity index (χ0n) is 13.3. The van der Waals surface area contributed by atoms with E-state index in [1.54, 1.807) is 35.9 Å². The van der Waals surface area contributed by atoms with E-state index in [9.17, 15) is 4.79 Å². The van der Waals surface area contributed by atoms with Crippen LogP contribution in [0.15, 0.2) is 42.0 Å². The molecule has 1 aliphatic heterocycles. The van der Waals surface area contributed by atoms with Crippen LogP contribution in [0.4, 0.5) is 0 Å². The Bertz CT molecular complexity index is 609. The zero-order valence-corrected chi connectivity index (χ0v) is 14.1. The zero-order chi connectivity index (χ0) is 16.1. The maximum atomic E-state index is 12.3. The van der Waals surface area contributed by atoms with E-state index in [4.69, 9.17) is 0 Å². The van der Waals surface area contributed by atoms with E-state index < -0.39 is 0 Å². The van der Waals surface area contributed by atoms with Gasteiger partial charge in [0.15, 0.2) is 0 Å². The third-order valence-electron chi connectivity index (χ3n) is 4.23. The summed E-state index contributed by atoms with van der Waals surface area (Å²) in [5.41, 5.74) is 0.607. The van der Waals surface area contributed by atoms with Gasteiger partial charge in [0, 0.05) is 50.0 Å². The molecule has 0 bridgehead atoms. The van der Waals surface area contributed by atoms with E-state index in [1.165, 1.54) is 4.88 Å². The van der Waals surface area contributed by atoms with Crippen LogP contribution in [0.2, 0.25) is 0 Å². The number of pyridine rings is 1. The molecule has 2 aromatic heterocycles. The molecule has 0 saturated carbocycles. The molecule has 3 rings (SSSR count). The second kappa shape index (κ2) is 7.68. The number of thiophene rings is 1. The van der Waals surface area contributed by atoms with Crippen molar-refractivity contribution in [2.45, 2.75) is 6.04 Å². The molecule has 3 heterocycles. The quantitative estimate of drug-likeness (QED) is 0.909. The number of rotatable bonds is 5. The number of carbonyl (C=O) groups is 1. The first-order chi connectivity index (χ1) is 11.2. The molecule has 0 radical (unpaired) electrons. The molecule has 1 aliphatic rings. The number of piperazine rings is 1. The van der Waals surface area contributed by atoms with Crippen LogP contribution < -0.4 is 5.32 Å². The van der Waals surface area contributed by atoms with Gasteiger partial charge in [-0.2, -0.15) is 0 Å². The molecule has 6 heteroatoms. The van der Waals surface area contributed by atoms with Gasteiger partial charge < -0.3 is 10.2 Å². The van der Waals surface area contributed by atoms with Gasteiger partial charge in [-0.15, -0.1) is 11.3 Å². The van der Waals surface area contributed by atoms with Crippen molar-refractivity contribution >= 4 is 17.2 Å². The van der Waals surface area contributed by atoms with Crippen LogP contribution in [-0.4, -0.2) is 60.5 Å². The second-order valence-electron chi connectivity index (χ2n) is 5.82. The minimum absolute atomic E-state index is 0.0613. The number of carbonyl (C=O) groups excluding carboxylic acids is 1. The topological polar surface area (TPSA) is 48.5 Å². The van der Waals surface area contributed by atoms with Gasteiger partial charge in [-0.25, -0.2) is 0 Å². The Kier molecular flexibility index (Phi) is 5.38. The Hall–Kier alpha value is -1.76. The third kappa shape index (κ3) is 4.16. The first-order valence-electron chi connectivity index (χ1n) is 7.88. The predicted octanol–water partition coefficient (Wildman–Crippen LogP) is 1.86. The Morgan fingerprint density at radius 3 is 2.78 bits per heavy atom. The fourth-order valence-corrected chi connectivity index (χ4v) is 3.67. The molecule has 1 fully saturated rings. The van der Waals surface area contributed by atoms with Crippen molar-refractivity contribution in [2.75, 3.05) is 39.8 Å². The van der Waals surface area contributed by atoms with Crippen LogP contribution in [-0.2, 0) is 0 Å². The minimum Gasteiger partial charge on any atom is -0.350 e. The predicted molar refractivity (Wildman–Crippen MR) is 92.7 cm³/mol. The van der Waals surface area contributed by atoms with Crippen molar-refractivity contribution in [1.29, 1.82) is 0 Å². The molecule has 0 aromatic carbocycles. The molecule has 122 valence electrons. The van der Waals surface area contributed by atoms with E-state index in [1.807, 2.05) is 0 Å². The Labute approximate surface area is 140 Å². The minimum atomic E-state index is -0.0613. The number of hydrogen-bond acceptors (Lipinski definition) is 5. The van der Waals surface area contributed by atoms with Gasteiger partial charge in [-0.1, -0.05) is 6.07 Å². The van der Waals surface area contributed by atoms with Crippen LogP contribution in [0.3, 0.4) is 0 Å². The van der Waals surface area contributed by atoms with Gasteiger partial charge in [0.1, 0.15) is 0 Å². The van der Waals surface area contributed by atoms with Gasteiger partial charge in [-0.05, 0) is 30.6 Å². The first-order valence-corrected chi connectivity index (χ1v) is 8.76. The number of likely N-dealkylation sites (N-methyl/N-ethyl adjacent to an activating group) is 1. The Balaban J connectivity index is 1.66. The lowest BCUT2D eigenvalue weighted by atomic mass is 10.1. The lowest BCUT2D eigenvalue weighted by Gasteiger charge is -2.37. The molecule has 0 aliphatic carbocycles. The monoisotopic (exact) mass is 330 g/mol. The van der Waals surface area contributed by atoms with Crippen molar-refractivity contribution in [2.24, 2.45) is 0 Å². The highest BCUT2D eigenvalue weighted by Gasteiger charge is 2.25. The molecule has 5 nitrogen and oxygen atoms in total. The van der Waals surface area contributed by atoms with Gasteiger partial charge in [0.25, 0.3) is 5.91 Å². The molecule has 23 heavy (non-hydrogen) atoms. The van der Waals surface area contributed by atoms with Crippen LogP contribution in [0.1, 0.15) is 21.3 Å². The number of aromatic nitrogens is 1. The number of nitrogens with zero attached hydrogens (tertiary/aromatic N) is 3. The summed E-state index contributed by atoms with van der Waals surface area (Å²) in [6.45, 7) is 4.82. The summed E-state index contributed by atoms with van der Waals surface area (Å²) in [6, 6.07) is 8.05. The standard InChI is InChI=1S/C17H22N4OS/c1-20-7-9-21(10-8-20)15(16-5-3-11-23-16)13-19-17(22)14-4-2-6-18-12-14/h2-6,11-12,15H,7-10,13H2,1H3,(H,19,22). The fourth-order valence-electron chi connectivity index (χ4n) is 2.81. The largest absolute Gasteiger partial charge is 0.350 e. The molecular weight excluding hydrogens is 308 g/mol. The van der Waals surface area contributed by atoms with Crippen LogP contribution in [0, 0.1) is 0 Å². The maximum absolute atomic E-state index is 12.3. The van der Waals surface area contributed by atoms with E-state index in [0.717, 1.165) is 26.2 Å². The fraction of sp³-hybridized carbons (Fsp3) is 0.412. The summed E-state index contributed by atoms with van der Waals surface area (Å²) < 4.78 is 0. The number of hydrogen-bond donors (Lipinski definition) is 1. The SMILES string of the molecule is CN1CCN(C(CNC(=O)c2cccnc2)c2cccs2)CC1. The van der Waals surface area contributed by atoms with E-state index in [0.29, 0.717) is 12.1 Å². The van der Waals surface area contributed by atoms with Crippen LogP contribution in [0.25, 0.3) is 0 Å². The van der Waals surface area contributed by atoms with Crippen molar-refractivity contribution in [3.63, 3.8) is 0 Å². The smallest absolute Gasteiger partial charge is 0.252 e. The Morgan fingerprint density at radius 1 is 1.30 bits per heavy atom. The average molecular weight is 330 g/mol. The summed E-state index contributed by atoms with van der Waals surface area (Å²) in [5.74, 6) is -0.0613.